The van der Waals surface area contributed by atoms with E-state index in [4.69, 9.17) is 16.1 Å². The van der Waals surface area contributed by atoms with Crippen molar-refractivity contribution >= 4 is 11.6 Å². The summed E-state index contributed by atoms with van der Waals surface area (Å²) >= 11 is 5.93. The molecule has 0 N–H and O–H groups in total. The van der Waals surface area contributed by atoms with Gasteiger partial charge in [0.05, 0.1) is 13.1 Å². The average molecular weight is 344 g/mol. The van der Waals surface area contributed by atoms with Crippen LogP contribution in [0.4, 0.5) is 0 Å². The molecule has 4 rings (SSSR count). The van der Waals surface area contributed by atoms with Crippen molar-refractivity contribution in [2.45, 2.75) is 32.0 Å². The summed E-state index contributed by atoms with van der Waals surface area (Å²) in [6.45, 7) is 2.69. The van der Waals surface area contributed by atoms with Crippen molar-refractivity contribution in [3.63, 3.8) is 0 Å². The molecule has 1 saturated heterocycles. The van der Waals surface area contributed by atoms with E-state index in [9.17, 15) is 0 Å². The Bertz CT molecular complexity index is 784. The third-order valence-corrected chi connectivity index (χ3v) is 4.67. The van der Waals surface area contributed by atoms with Crippen LogP contribution in [0, 0.1) is 0 Å². The monoisotopic (exact) mass is 343 g/mol. The van der Waals surface area contributed by atoms with Crippen molar-refractivity contribution in [2.75, 3.05) is 6.54 Å². The number of hydrogen-bond acceptors (Lipinski definition) is 5. The molecule has 1 aliphatic heterocycles. The Kier molecular flexibility index (Phi) is 4.32. The van der Waals surface area contributed by atoms with Gasteiger partial charge < -0.3 is 4.52 Å². The van der Waals surface area contributed by atoms with Gasteiger partial charge in [0, 0.05) is 22.7 Å². The lowest BCUT2D eigenvalue weighted by molar-refractivity contribution is 0.195. The second kappa shape index (κ2) is 6.75. The number of nitrogens with zero attached hydrogens (tertiary/aromatic N) is 5. The van der Waals surface area contributed by atoms with Gasteiger partial charge in [-0.15, -0.1) is 0 Å². The number of likely N-dealkylation sites (tertiary alicyclic amines) is 1. The van der Waals surface area contributed by atoms with E-state index in [1.54, 1.807) is 12.7 Å². The summed E-state index contributed by atoms with van der Waals surface area (Å²) in [5.74, 6) is 0.880. The molecule has 24 heavy (non-hydrogen) atoms. The van der Waals surface area contributed by atoms with Crippen molar-refractivity contribution in [1.29, 1.82) is 0 Å². The van der Waals surface area contributed by atoms with Gasteiger partial charge in [0.25, 0.3) is 0 Å². The van der Waals surface area contributed by atoms with Gasteiger partial charge in [-0.2, -0.15) is 5.10 Å². The first-order valence-electron chi connectivity index (χ1n) is 8.06. The van der Waals surface area contributed by atoms with Crippen molar-refractivity contribution < 1.29 is 4.52 Å². The predicted octanol–water partition coefficient (Wildman–Crippen LogP) is 3.25. The molecule has 1 aliphatic rings. The second-order valence-electron chi connectivity index (χ2n) is 6.07. The molecule has 0 unspecified atom stereocenters. The summed E-state index contributed by atoms with van der Waals surface area (Å²) in [7, 11) is 0. The Morgan fingerprint density at radius 1 is 1.25 bits per heavy atom. The van der Waals surface area contributed by atoms with Gasteiger partial charge in [-0.25, -0.2) is 4.98 Å². The van der Waals surface area contributed by atoms with Gasteiger partial charge in [0.15, 0.2) is 5.76 Å². The zero-order chi connectivity index (χ0) is 16.4. The molecule has 0 amide bonds. The average Bonchev–Trinajstić information content (AvgIpc) is 3.32. The van der Waals surface area contributed by atoms with Crippen LogP contribution in [0.2, 0.25) is 5.02 Å². The summed E-state index contributed by atoms with van der Waals surface area (Å²) in [5.41, 5.74) is 1.85. The first-order chi connectivity index (χ1) is 11.8. The Balaban J connectivity index is 1.44. The second-order valence-corrected chi connectivity index (χ2v) is 6.51. The Morgan fingerprint density at radius 2 is 2.12 bits per heavy atom. The summed E-state index contributed by atoms with van der Waals surface area (Å²) in [6, 6.07) is 10.1. The van der Waals surface area contributed by atoms with Gasteiger partial charge in [-0.05, 0) is 31.5 Å². The molecule has 0 bridgehead atoms. The minimum absolute atomic E-state index is 0.454. The van der Waals surface area contributed by atoms with Crippen LogP contribution in [-0.2, 0) is 13.1 Å². The van der Waals surface area contributed by atoms with Crippen LogP contribution < -0.4 is 0 Å². The molecular formula is C17H18ClN5O. The zero-order valence-electron chi connectivity index (χ0n) is 13.2. The lowest BCUT2D eigenvalue weighted by Crippen LogP contribution is -2.32. The van der Waals surface area contributed by atoms with Crippen LogP contribution in [0.3, 0.4) is 0 Å². The first kappa shape index (κ1) is 15.4. The van der Waals surface area contributed by atoms with Crippen molar-refractivity contribution in [3.8, 4) is 11.3 Å². The fourth-order valence-corrected chi connectivity index (χ4v) is 3.32. The Morgan fingerprint density at radius 3 is 2.92 bits per heavy atom. The number of hydrogen-bond donors (Lipinski definition) is 0. The normalized spacial score (nSPS) is 18.3. The maximum atomic E-state index is 5.93. The van der Waals surface area contributed by atoms with Crippen LogP contribution in [0.15, 0.2) is 47.5 Å². The minimum Gasteiger partial charge on any atom is -0.359 e. The molecule has 3 aromatic rings. The zero-order valence-corrected chi connectivity index (χ0v) is 13.9. The van der Waals surface area contributed by atoms with E-state index in [-0.39, 0.29) is 0 Å². The van der Waals surface area contributed by atoms with Crippen molar-refractivity contribution in [2.24, 2.45) is 0 Å². The van der Waals surface area contributed by atoms with Crippen molar-refractivity contribution in [1.82, 2.24) is 24.8 Å². The molecular weight excluding hydrogens is 326 g/mol. The van der Waals surface area contributed by atoms with Crippen LogP contribution >= 0.6 is 11.6 Å². The standard InChI is InChI=1S/C17H18ClN5O/c18-14-5-3-13(4-6-14)17-8-16(24-21-17)10-22-7-1-2-15(22)9-23-12-19-11-20-23/h3-6,8,11-12,15H,1-2,7,9-10H2/t15-/m0/s1. The van der Waals surface area contributed by atoms with E-state index in [0.717, 1.165) is 48.1 Å². The molecule has 7 heteroatoms. The third kappa shape index (κ3) is 3.34. The summed E-state index contributed by atoms with van der Waals surface area (Å²) in [5, 5.41) is 9.11. The van der Waals surface area contributed by atoms with Gasteiger partial charge in [-0.1, -0.05) is 28.9 Å². The topological polar surface area (TPSA) is 60.0 Å². The van der Waals surface area contributed by atoms with Gasteiger partial charge in [0.1, 0.15) is 18.3 Å². The molecule has 1 fully saturated rings. The maximum absolute atomic E-state index is 5.93. The SMILES string of the molecule is Clc1ccc(-c2cc(CN3CCC[C@H]3Cn3cncn3)on2)cc1. The Hall–Kier alpha value is -2.18. The van der Waals surface area contributed by atoms with Gasteiger partial charge >= 0.3 is 0 Å². The Labute approximate surface area is 145 Å². The lowest BCUT2D eigenvalue weighted by Gasteiger charge is -2.22. The summed E-state index contributed by atoms with van der Waals surface area (Å²) < 4.78 is 7.43. The smallest absolute Gasteiger partial charge is 0.151 e. The van der Waals surface area contributed by atoms with Crippen LogP contribution in [0.25, 0.3) is 11.3 Å². The van der Waals surface area contributed by atoms with E-state index in [2.05, 4.69) is 20.1 Å². The number of benzene rings is 1. The van der Waals surface area contributed by atoms with Crippen LogP contribution in [0.5, 0.6) is 0 Å². The maximum Gasteiger partial charge on any atom is 0.151 e. The molecule has 3 heterocycles. The highest BCUT2D eigenvalue weighted by molar-refractivity contribution is 6.30. The lowest BCUT2D eigenvalue weighted by atomic mass is 10.1. The molecule has 2 aromatic heterocycles. The van der Waals surface area contributed by atoms with Gasteiger partial charge in [0.2, 0.25) is 0 Å². The summed E-state index contributed by atoms with van der Waals surface area (Å²) in [4.78, 5) is 6.44. The highest BCUT2D eigenvalue weighted by Gasteiger charge is 2.26. The van der Waals surface area contributed by atoms with Crippen LogP contribution in [0.1, 0.15) is 18.6 Å². The molecule has 0 radical (unpaired) electrons. The minimum atomic E-state index is 0.454. The molecule has 1 aromatic carbocycles. The molecule has 1 atom stereocenters. The highest BCUT2D eigenvalue weighted by atomic mass is 35.5. The number of aromatic nitrogens is 4. The number of halogens is 1. The van der Waals surface area contributed by atoms with Crippen LogP contribution in [-0.4, -0.2) is 37.4 Å². The molecule has 0 saturated carbocycles. The van der Waals surface area contributed by atoms with E-state index in [1.807, 2.05) is 35.0 Å². The molecule has 6 nitrogen and oxygen atoms in total. The van der Waals surface area contributed by atoms with Gasteiger partial charge in [-0.3, -0.25) is 9.58 Å². The third-order valence-electron chi connectivity index (χ3n) is 4.42. The fourth-order valence-electron chi connectivity index (χ4n) is 3.20. The number of rotatable bonds is 5. The predicted molar refractivity (Wildman–Crippen MR) is 90.4 cm³/mol. The van der Waals surface area contributed by atoms with E-state index in [1.165, 1.54) is 6.42 Å². The highest BCUT2D eigenvalue weighted by Crippen LogP contribution is 2.25. The fraction of sp³-hybridized carbons (Fsp3) is 0.353. The largest absolute Gasteiger partial charge is 0.359 e. The first-order valence-corrected chi connectivity index (χ1v) is 8.44. The summed E-state index contributed by atoms with van der Waals surface area (Å²) in [6.07, 6.45) is 5.70. The quantitative estimate of drug-likeness (QED) is 0.711. The van der Waals surface area contributed by atoms with E-state index >= 15 is 0 Å². The molecule has 124 valence electrons. The molecule has 0 spiro atoms. The van der Waals surface area contributed by atoms with Crippen molar-refractivity contribution in [3.05, 3.63) is 53.8 Å². The van der Waals surface area contributed by atoms with E-state index in [0.29, 0.717) is 6.04 Å². The molecule has 0 aliphatic carbocycles. The van der Waals surface area contributed by atoms with E-state index < -0.39 is 0 Å².